The Morgan fingerprint density at radius 3 is 2.78 bits per heavy atom. The van der Waals surface area contributed by atoms with Crippen molar-refractivity contribution in [2.45, 2.75) is 64.9 Å². The molecule has 4 atom stereocenters. The molecule has 0 N–H and O–H groups in total. The SMILES string of the molecule is CC=CCC(CC)C(=O)OC1(C)CC2CCC1C2. The molecule has 2 rings (SSSR count). The van der Waals surface area contributed by atoms with E-state index >= 15 is 0 Å². The molecular formula is C16H26O2. The van der Waals surface area contributed by atoms with Gasteiger partial charge in [0.15, 0.2) is 0 Å². The van der Waals surface area contributed by atoms with Crippen LogP contribution in [0.4, 0.5) is 0 Å². The van der Waals surface area contributed by atoms with Crippen LogP contribution in [0.1, 0.15) is 59.3 Å². The van der Waals surface area contributed by atoms with E-state index in [1.807, 2.05) is 13.0 Å². The first kappa shape index (κ1) is 13.6. The van der Waals surface area contributed by atoms with Gasteiger partial charge >= 0.3 is 5.97 Å². The summed E-state index contributed by atoms with van der Waals surface area (Å²) in [5, 5.41) is 0. The summed E-state index contributed by atoms with van der Waals surface area (Å²) in [4.78, 5) is 12.3. The average Bonchev–Trinajstić information content (AvgIpc) is 2.89. The maximum atomic E-state index is 12.3. The Bertz CT molecular complexity index is 334. The van der Waals surface area contributed by atoms with Crippen LogP contribution in [-0.2, 0) is 9.53 Å². The molecule has 4 unspecified atom stereocenters. The minimum absolute atomic E-state index is 0.0191. The van der Waals surface area contributed by atoms with Crippen molar-refractivity contribution in [3.63, 3.8) is 0 Å². The van der Waals surface area contributed by atoms with Crippen molar-refractivity contribution in [2.24, 2.45) is 17.8 Å². The summed E-state index contributed by atoms with van der Waals surface area (Å²) in [6.45, 7) is 6.21. The normalized spacial score (nSPS) is 36.2. The number of rotatable bonds is 5. The molecule has 0 aliphatic heterocycles. The Hall–Kier alpha value is -0.790. The third-order valence-corrected chi connectivity index (χ3v) is 4.91. The van der Waals surface area contributed by atoms with E-state index in [2.05, 4.69) is 19.9 Å². The summed E-state index contributed by atoms with van der Waals surface area (Å²) in [7, 11) is 0. The zero-order chi connectivity index (χ0) is 13.2. The fraction of sp³-hybridized carbons (Fsp3) is 0.812. The van der Waals surface area contributed by atoms with Crippen LogP contribution in [0.5, 0.6) is 0 Å². The quantitative estimate of drug-likeness (QED) is 0.542. The summed E-state index contributed by atoms with van der Waals surface area (Å²) >= 11 is 0. The second-order valence-electron chi connectivity index (χ2n) is 6.22. The third-order valence-electron chi connectivity index (χ3n) is 4.91. The van der Waals surface area contributed by atoms with E-state index in [0.717, 1.165) is 25.2 Å². The molecule has 2 aliphatic rings. The Labute approximate surface area is 111 Å². The lowest BCUT2D eigenvalue weighted by Crippen LogP contribution is -2.39. The van der Waals surface area contributed by atoms with Crippen LogP contribution >= 0.6 is 0 Å². The highest BCUT2D eigenvalue weighted by Crippen LogP contribution is 2.52. The fourth-order valence-corrected chi connectivity index (χ4v) is 3.72. The van der Waals surface area contributed by atoms with E-state index in [1.165, 1.54) is 19.3 Å². The predicted molar refractivity (Wildman–Crippen MR) is 73.2 cm³/mol. The van der Waals surface area contributed by atoms with Crippen molar-refractivity contribution in [1.82, 2.24) is 0 Å². The molecule has 2 bridgehead atoms. The molecule has 2 fully saturated rings. The Kier molecular flexibility index (Phi) is 4.14. The highest BCUT2D eigenvalue weighted by atomic mass is 16.6. The Morgan fingerprint density at radius 1 is 1.50 bits per heavy atom. The van der Waals surface area contributed by atoms with Crippen LogP contribution in [-0.4, -0.2) is 11.6 Å². The minimum Gasteiger partial charge on any atom is -0.459 e. The van der Waals surface area contributed by atoms with Gasteiger partial charge in [-0.15, -0.1) is 0 Å². The number of carbonyl (C=O) groups excluding carboxylic acids is 1. The molecule has 0 aromatic rings. The highest BCUT2D eigenvalue weighted by molar-refractivity contribution is 5.73. The molecule has 0 heterocycles. The second kappa shape index (κ2) is 5.46. The van der Waals surface area contributed by atoms with Crippen LogP contribution in [0, 0.1) is 17.8 Å². The second-order valence-corrected chi connectivity index (χ2v) is 6.22. The maximum Gasteiger partial charge on any atom is 0.309 e. The van der Waals surface area contributed by atoms with Gasteiger partial charge in [0.05, 0.1) is 5.92 Å². The lowest BCUT2D eigenvalue weighted by Gasteiger charge is -2.34. The molecule has 2 aliphatic carbocycles. The Balaban J connectivity index is 1.93. The van der Waals surface area contributed by atoms with E-state index in [0.29, 0.717) is 5.92 Å². The number of carbonyl (C=O) groups is 1. The van der Waals surface area contributed by atoms with Crippen molar-refractivity contribution in [1.29, 1.82) is 0 Å². The number of hydrogen-bond acceptors (Lipinski definition) is 2. The first-order chi connectivity index (χ1) is 8.59. The minimum atomic E-state index is -0.163. The zero-order valence-electron chi connectivity index (χ0n) is 11.9. The van der Waals surface area contributed by atoms with E-state index in [-0.39, 0.29) is 17.5 Å². The topological polar surface area (TPSA) is 26.3 Å². The number of fused-ring (bicyclic) bond motifs is 2. The lowest BCUT2D eigenvalue weighted by molar-refractivity contribution is -0.168. The zero-order valence-corrected chi connectivity index (χ0v) is 11.9. The summed E-state index contributed by atoms with van der Waals surface area (Å²) in [5.74, 6) is 1.48. The average molecular weight is 250 g/mol. The molecular weight excluding hydrogens is 224 g/mol. The van der Waals surface area contributed by atoms with Crippen LogP contribution in [0.2, 0.25) is 0 Å². The predicted octanol–water partition coefficient (Wildman–Crippen LogP) is 4.10. The molecule has 18 heavy (non-hydrogen) atoms. The van der Waals surface area contributed by atoms with Gasteiger partial charge in [-0.3, -0.25) is 4.79 Å². The van der Waals surface area contributed by atoms with Crippen molar-refractivity contribution in [2.75, 3.05) is 0 Å². The first-order valence-electron chi connectivity index (χ1n) is 7.43. The molecule has 0 spiro atoms. The van der Waals surface area contributed by atoms with Gasteiger partial charge in [-0.25, -0.2) is 0 Å². The van der Waals surface area contributed by atoms with E-state index in [1.54, 1.807) is 0 Å². The van der Waals surface area contributed by atoms with Crippen molar-refractivity contribution in [3.05, 3.63) is 12.2 Å². The van der Waals surface area contributed by atoms with Gasteiger partial charge < -0.3 is 4.74 Å². The van der Waals surface area contributed by atoms with Crippen molar-refractivity contribution < 1.29 is 9.53 Å². The molecule has 0 radical (unpaired) electrons. The van der Waals surface area contributed by atoms with Crippen molar-refractivity contribution >= 4 is 5.97 Å². The van der Waals surface area contributed by atoms with E-state index < -0.39 is 0 Å². The molecule has 0 aromatic heterocycles. The lowest BCUT2D eigenvalue weighted by atomic mass is 9.85. The first-order valence-corrected chi connectivity index (χ1v) is 7.43. The van der Waals surface area contributed by atoms with Gasteiger partial charge in [0.25, 0.3) is 0 Å². The van der Waals surface area contributed by atoms with Gasteiger partial charge in [-0.2, -0.15) is 0 Å². The third kappa shape index (κ3) is 2.62. The standard InChI is InChI=1S/C16H26O2/c1-4-6-7-13(5-2)15(17)18-16(3)11-12-8-9-14(16)10-12/h4,6,12-14H,5,7-11H2,1-3H3. The van der Waals surface area contributed by atoms with E-state index in [4.69, 9.17) is 4.74 Å². The summed E-state index contributed by atoms with van der Waals surface area (Å²) in [6, 6.07) is 0. The molecule has 0 amide bonds. The van der Waals surface area contributed by atoms with Crippen LogP contribution in [0.3, 0.4) is 0 Å². The maximum absolute atomic E-state index is 12.3. The van der Waals surface area contributed by atoms with Gasteiger partial charge in [-0.1, -0.05) is 19.1 Å². The van der Waals surface area contributed by atoms with Crippen LogP contribution in [0.25, 0.3) is 0 Å². The number of esters is 1. The summed E-state index contributed by atoms with van der Waals surface area (Å²) < 4.78 is 5.91. The number of allylic oxidation sites excluding steroid dienone is 2. The summed E-state index contributed by atoms with van der Waals surface area (Å²) in [5.41, 5.74) is -0.163. The van der Waals surface area contributed by atoms with E-state index in [9.17, 15) is 4.79 Å². The van der Waals surface area contributed by atoms with Crippen LogP contribution < -0.4 is 0 Å². The number of hydrogen-bond donors (Lipinski definition) is 0. The van der Waals surface area contributed by atoms with Gasteiger partial charge in [0, 0.05) is 0 Å². The molecule has 2 heteroatoms. The van der Waals surface area contributed by atoms with Gasteiger partial charge in [-0.05, 0) is 64.2 Å². The van der Waals surface area contributed by atoms with Gasteiger partial charge in [0.1, 0.15) is 5.60 Å². The molecule has 102 valence electrons. The molecule has 2 saturated carbocycles. The smallest absolute Gasteiger partial charge is 0.309 e. The molecule has 0 aromatic carbocycles. The monoisotopic (exact) mass is 250 g/mol. The molecule has 2 nitrogen and oxygen atoms in total. The Morgan fingerprint density at radius 2 is 2.28 bits per heavy atom. The highest BCUT2D eigenvalue weighted by Gasteiger charge is 2.50. The van der Waals surface area contributed by atoms with Gasteiger partial charge in [0.2, 0.25) is 0 Å². The number of ether oxygens (including phenoxy) is 1. The largest absolute Gasteiger partial charge is 0.459 e. The molecule has 0 saturated heterocycles. The summed E-state index contributed by atoms with van der Waals surface area (Å²) in [6.07, 6.45) is 10.7. The fourth-order valence-electron chi connectivity index (χ4n) is 3.72. The van der Waals surface area contributed by atoms with Crippen molar-refractivity contribution in [3.8, 4) is 0 Å². The van der Waals surface area contributed by atoms with Crippen LogP contribution in [0.15, 0.2) is 12.2 Å².